The van der Waals surface area contributed by atoms with Gasteiger partial charge in [0.25, 0.3) is 10.0 Å². The second-order valence-electron chi connectivity index (χ2n) is 10.9. The van der Waals surface area contributed by atoms with E-state index in [1.54, 1.807) is 67.8 Å². The first kappa shape index (κ1) is 32.5. The first-order valence-electron chi connectivity index (χ1n) is 14.7. The third-order valence-corrected chi connectivity index (χ3v) is 10.2. The average molecular weight is 671 g/mol. The van der Waals surface area contributed by atoms with Gasteiger partial charge in [-0.2, -0.15) is 0 Å². The number of ether oxygens (including phenoxy) is 1. The van der Waals surface area contributed by atoms with Gasteiger partial charge >= 0.3 is 0 Å². The summed E-state index contributed by atoms with van der Waals surface area (Å²) in [6.07, 6.45) is 5.50. The zero-order chi connectivity index (χ0) is 31.0. The van der Waals surface area contributed by atoms with Crippen molar-refractivity contribution in [1.82, 2.24) is 10.2 Å². The number of nitrogens with zero attached hydrogens (tertiary/aromatic N) is 2. The van der Waals surface area contributed by atoms with Crippen molar-refractivity contribution in [3.05, 3.63) is 88.4 Å². The summed E-state index contributed by atoms with van der Waals surface area (Å²) in [6.45, 7) is 3.42. The van der Waals surface area contributed by atoms with Crippen molar-refractivity contribution < 1.29 is 22.7 Å². The highest BCUT2D eigenvalue weighted by Crippen LogP contribution is 2.27. The van der Waals surface area contributed by atoms with Crippen LogP contribution in [-0.2, 0) is 26.2 Å². The molecule has 1 atom stereocenters. The maximum atomic E-state index is 14.3. The molecule has 0 aromatic heterocycles. The average Bonchev–Trinajstić information content (AvgIpc) is 3.01. The van der Waals surface area contributed by atoms with Gasteiger partial charge in [-0.15, -0.1) is 0 Å². The molecule has 8 nitrogen and oxygen atoms in total. The number of amides is 2. The van der Waals surface area contributed by atoms with Crippen molar-refractivity contribution in [2.24, 2.45) is 0 Å². The Labute approximate surface area is 263 Å². The number of rotatable bonds is 12. The number of carbonyl (C=O) groups excluding carboxylic acids is 2. The highest BCUT2D eigenvalue weighted by molar-refractivity contribution is 9.10. The molecule has 1 fully saturated rings. The molecule has 1 unspecified atom stereocenters. The number of sulfonamides is 1. The van der Waals surface area contributed by atoms with E-state index in [4.69, 9.17) is 4.74 Å². The van der Waals surface area contributed by atoms with Gasteiger partial charge in [-0.1, -0.05) is 71.9 Å². The summed E-state index contributed by atoms with van der Waals surface area (Å²) < 4.78 is 35.2. The minimum atomic E-state index is -4.12. The van der Waals surface area contributed by atoms with Crippen molar-refractivity contribution in [2.45, 2.75) is 75.9 Å². The Morgan fingerprint density at radius 3 is 2.16 bits per heavy atom. The van der Waals surface area contributed by atoms with Gasteiger partial charge in [-0.3, -0.25) is 13.9 Å². The monoisotopic (exact) mass is 669 g/mol. The Hall–Kier alpha value is -3.37. The molecule has 3 aromatic carbocycles. The maximum absolute atomic E-state index is 14.3. The van der Waals surface area contributed by atoms with E-state index in [0.29, 0.717) is 17.9 Å². The normalized spacial score (nSPS) is 14.5. The summed E-state index contributed by atoms with van der Waals surface area (Å²) >= 11 is 3.41. The Morgan fingerprint density at radius 1 is 0.953 bits per heavy atom. The summed E-state index contributed by atoms with van der Waals surface area (Å²) in [5, 5.41) is 3.17. The second-order valence-corrected chi connectivity index (χ2v) is 13.7. The maximum Gasteiger partial charge on any atom is 0.264 e. The number of anilines is 1. The lowest BCUT2D eigenvalue weighted by atomic mass is 9.95. The van der Waals surface area contributed by atoms with Gasteiger partial charge in [0.15, 0.2) is 0 Å². The minimum absolute atomic E-state index is 0.0782. The topological polar surface area (TPSA) is 96.0 Å². The molecule has 0 heterocycles. The molecule has 230 valence electrons. The summed E-state index contributed by atoms with van der Waals surface area (Å²) in [5.41, 5.74) is 2.07. The molecular weight excluding hydrogens is 630 g/mol. The van der Waals surface area contributed by atoms with Crippen LogP contribution in [0.15, 0.2) is 82.2 Å². The van der Waals surface area contributed by atoms with E-state index in [1.807, 2.05) is 26.0 Å². The molecule has 2 amide bonds. The lowest BCUT2D eigenvalue weighted by Gasteiger charge is -2.34. The van der Waals surface area contributed by atoms with Gasteiger partial charge in [-0.05, 0) is 80.3 Å². The summed E-state index contributed by atoms with van der Waals surface area (Å²) in [6, 6.07) is 19.9. The van der Waals surface area contributed by atoms with Gasteiger partial charge in [0.05, 0.1) is 17.7 Å². The third-order valence-electron chi connectivity index (χ3n) is 7.85. The van der Waals surface area contributed by atoms with Crippen LogP contribution in [0.4, 0.5) is 5.69 Å². The van der Waals surface area contributed by atoms with E-state index < -0.39 is 28.5 Å². The number of methoxy groups -OCH3 is 1. The van der Waals surface area contributed by atoms with Crippen LogP contribution in [-0.4, -0.2) is 50.9 Å². The van der Waals surface area contributed by atoms with Crippen molar-refractivity contribution in [1.29, 1.82) is 0 Å². The van der Waals surface area contributed by atoms with Crippen molar-refractivity contribution in [2.75, 3.05) is 18.0 Å². The first-order valence-corrected chi connectivity index (χ1v) is 16.9. The van der Waals surface area contributed by atoms with Crippen LogP contribution in [0, 0.1) is 6.92 Å². The fourth-order valence-electron chi connectivity index (χ4n) is 5.36. The molecule has 0 aliphatic heterocycles. The van der Waals surface area contributed by atoms with Crippen LogP contribution >= 0.6 is 15.9 Å². The Balaban J connectivity index is 1.70. The number of hydrogen-bond donors (Lipinski definition) is 1. The molecule has 1 saturated carbocycles. The van der Waals surface area contributed by atoms with Crippen molar-refractivity contribution in [3.63, 3.8) is 0 Å². The molecule has 0 saturated heterocycles. The van der Waals surface area contributed by atoms with E-state index in [1.165, 1.54) is 4.90 Å². The molecule has 0 bridgehead atoms. The number of halogens is 1. The Morgan fingerprint density at radius 2 is 1.58 bits per heavy atom. The molecular formula is C33H40BrN3O5S. The largest absolute Gasteiger partial charge is 0.497 e. The highest BCUT2D eigenvalue weighted by Gasteiger charge is 2.34. The second kappa shape index (κ2) is 14.9. The number of aryl methyl sites for hydroxylation is 1. The summed E-state index contributed by atoms with van der Waals surface area (Å²) in [5.74, 6) is -0.0118. The first-order chi connectivity index (χ1) is 20.6. The van der Waals surface area contributed by atoms with Gasteiger partial charge in [0, 0.05) is 17.1 Å². The number of hydrogen-bond acceptors (Lipinski definition) is 5. The van der Waals surface area contributed by atoms with Crippen LogP contribution in [0.5, 0.6) is 5.75 Å². The number of nitrogens with one attached hydrogen (secondary N) is 1. The zero-order valence-electron chi connectivity index (χ0n) is 25.0. The quantitative estimate of drug-likeness (QED) is 0.247. The summed E-state index contributed by atoms with van der Waals surface area (Å²) in [7, 11) is -2.53. The van der Waals surface area contributed by atoms with E-state index in [2.05, 4.69) is 21.2 Å². The van der Waals surface area contributed by atoms with Crippen molar-refractivity contribution >= 4 is 43.5 Å². The molecule has 1 aliphatic rings. The van der Waals surface area contributed by atoms with Gasteiger partial charge in [0.2, 0.25) is 11.8 Å². The van der Waals surface area contributed by atoms with E-state index in [-0.39, 0.29) is 23.4 Å². The molecule has 1 aliphatic carbocycles. The van der Waals surface area contributed by atoms with Crippen LogP contribution < -0.4 is 14.4 Å². The Kier molecular flexibility index (Phi) is 11.3. The number of benzene rings is 3. The Bertz CT molecular complexity index is 1470. The molecule has 4 rings (SSSR count). The fraction of sp³-hybridized carbons (Fsp3) is 0.394. The third kappa shape index (κ3) is 8.38. The summed E-state index contributed by atoms with van der Waals surface area (Å²) in [4.78, 5) is 29.5. The number of carbonyl (C=O) groups is 2. The molecule has 0 spiro atoms. The molecule has 1 N–H and O–H groups in total. The minimum Gasteiger partial charge on any atom is -0.497 e. The van der Waals surface area contributed by atoms with Crippen LogP contribution in [0.3, 0.4) is 0 Å². The van der Waals surface area contributed by atoms with Gasteiger partial charge in [-0.25, -0.2) is 8.42 Å². The zero-order valence-corrected chi connectivity index (χ0v) is 27.4. The predicted molar refractivity (Wildman–Crippen MR) is 172 cm³/mol. The van der Waals surface area contributed by atoms with E-state index in [9.17, 15) is 18.0 Å². The van der Waals surface area contributed by atoms with Crippen molar-refractivity contribution in [3.8, 4) is 5.75 Å². The van der Waals surface area contributed by atoms with E-state index in [0.717, 1.165) is 52.0 Å². The lowest BCUT2D eigenvalue weighted by Crippen LogP contribution is -2.54. The smallest absolute Gasteiger partial charge is 0.264 e. The molecule has 10 heteroatoms. The highest BCUT2D eigenvalue weighted by atomic mass is 79.9. The molecule has 43 heavy (non-hydrogen) atoms. The fourth-order valence-corrected chi connectivity index (χ4v) is 7.04. The SMILES string of the molecule is CCC(C(=O)NC1CCCCC1)N(Cc1ccc(OC)cc1)C(=O)CN(c1ccc(Br)cc1)S(=O)(=O)c1ccc(C)cc1. The van der Waals surface area contributed by atoms with Crippen LogP contribution in [0.1, 0.15) is 56.6 Å². The van der Waals surface area contributed by atoms with Crippen LogP contribution in [0.2, 0.25) is 0 Å². The van der Waals surface area contributed by atoms with Gasteiger partial charge < -0.3 is 15.0 Å². The molecule has 0 radical (unpaired) electrons. The van der Waals surface area contributed by atoms with Gasteiger partial charge in [0.1, 0.15) is 18.3 Å². The van der Waals surface area contributed by atoms with Crippen LogP contribution in [0.25, 0.3) is 0 Å². The standard InChI is InChI=1S/C33H40BrN3O5S/c1-4-31(33(39)35-27-8-6-5-7-9-27)36(22-25-12-18-29(42-3)19-13-25)32(38)23-37(28-16-14-26(34)15-17-28)43(40,41)30-20-10-24(2)11-21-30/h10-21,27,31H,4-9,22-23H2,1-3H3,(H,35,39). The lowest BCUT2D eigenvalue weighted by molar-refractivity contribution is -0.140. The van der Waals surface area contributed by atoms with E-state index >= 15 is 0 Å². The predicted octanol–water partition coefficient (Wildman–Crippen LogP) is 6.22. The molecule has 3 aromatic rings.